The zero-order chi connectivity index (χ0) is 10.8. The van der Waals surface area contributed by atoms with E-state index in [1.807, 2.05) is 0 Å². The van der Waals surface area contributed by atoms with Crippen LogP contribution in [0.25, 0.3) is 0 Å². The Labute approximate surface area is 88.8 Å². The normalized spacial score (nSPS) is 20.3. The summed E-state index contributed by atoms with van der Waals surface area (Å²) in [7, 11) is 0. The molecular formula is C12H14FNO. The Balaban J connectivity index is 2.27. The van der Waals surface area contributed by atoms with E-state index in [-0.39, 0.29) is 11.9 Å². The lowest BCUT2D eigenvalue weighted by Crippen LogP contribution is -2.13. The van der Waals surface area contributed by atoms with Crippen LogP contribution in [-0.2, 0) is 4.74 Å². The van der Waals surface area contributed by atoms with Crippen LogP contribution in [0.3, 0.4) is 0 Å². The molecule has 1 aliphatic rings. The standard InChI is InChI=1S/C12H14FNO/c1-8(2)11-7-15-12(14-11)9-5-3-4-6-10(9)13/h3-6,8,11H,7H2,1-2H3/t11-/m1/s1. The molecule has 0 saturated heterocycles. The highest BCUT2D eigenvalue weighted by Gasteiger charge is 2.23. The average molecular weight is 207 g/mol. The number of halogens is 1. The molecule has 0 fully saturated rings. The van der Waals surface area contributed by atoms with Crippen molar-refractivity contribution in [3.63, 3.8) is 0 Å². The highest BCUT2D eigenvalue weighted by atomic mass is 19.1. The van der Waals surface area contributed by atoms with Gasteiger partial charge in [-0.25, -0.2) is 9.38 Å². The fraction of sp³-hybridized carbons (Fsp3) is 0.417. The van der Waals surface area contributed by atoms with E-state index >= 15 is 0 Å². The van der Waals surface area contributed by atoms with Crippen LogP contribution >= 0.6 is 0 Å². The molecule has 0 aromatic heterocycles. The molecule has 1 atom stereocenters. The van der Waals surface area contributed by atoms with Crippen molar-refractivity contribution in [1.29, 1.82) is 0 Å². The molecule has 2 rings (SSSR count). The van der Waals surface area contributed by atoms with Crippen molar-refractivity contribution in [2.24, 2.45) is 10.9 Å². The van der Waals surface area contributed by atoms with Gasteiger partial charge in [0.1, 0.15) is 12.4 Å². The number of aliphatic imine (C=N–C) groups is 1. The van der Waals surface area contributed by atoms with Crippen LogP contribution in [0.5, 0.6) is 0 Å². The molecule has 1 aliphatic heterocycles. The van der Waals surface area contributed by atoms with Gasteiger partial charge in [0.05, 0.1) is 11.6 Å². The second-order valence-corrected chi connectivity index (χ2v) is 4.04. The maximum Gasteiger partial charge on any atom is 0.219 e. The van der Waals surface area contributed by atoms with Gasteiger partial charge in [-0.1, -0.05) is 26.0 Å². The number of hydrogen-bond donors (Lipinski definition) is 0. The quantitative estimate of drug-likeness (QED) is 0.730. The van der Waals surface area contributed by atoms with E-state index in [9.17, 15) is 4.39 Å². The molecule has 0 aliphatic carbocycles. The lowest BCUT2D eigenvalue weighted by atomic mass is 10.1. The first-order valence-corrected chi connectivity index (χ1v) is 5.14. The van der Waals surface area contributed by atoms with Gasteiger partial charge in [0.25, 0.3) is 0 Å². The van der Waals surface area contributed by atoms with Gasteiger partial charge in [-0.05, 0) is 18.1 Å². The smallest absolute Gasteiger partial charge is 0.219 e. The van der Waals surface area contributed by atoms with Gasteiger partial charge in [0.15, 0.2) is 0 Å². The lowest BCUT2D eigenvalue weighted by molar-refractivity contribution is 0.291. The predicted octanol–water partition coefficient (Wildman–Crippen LogP) is 2.63. The Morgan fingerprint density at radius 1 is 1.40 bits per heavy atom. The highest BCUT2D eigenvalue weighted by Crippen LogP contribution is 2.18. The molecule has 0 spiro atoms. The van der Waals surface area contributed by atoms with Gasteiger partial charge in [-0.15, -0.1) is 0 Å². The van der Waals surface area contributed by atoms with E-state index in [1.165, 1.54) is 6.07 Å². The molecule has 2 nitrogen and oxygen atoms in total. The maximum absolute atomic E-state index is 13.4. The molecule has 0 saturated carbocycles. The van der Waals surface area contributed by atoms with Crippen LogP contribution in [0.2, 0.25) is 0 Å². The molecule has 3 heteroatoms. The monoisotopic (exact) mass is 207 g/mol. The first-order valence-electron chi connectivity index (χ1n) is 5.14. The summed E-state index contributed by atoms with van der Waals surface area (Å²) in [4.78, 5) is 4.37. The van der Waals surface area contributed by atoms with Crippen molar-refractivity contribution < 1.29 is 9.13 Å². The third kappa shape index (κ3) is 2.01. The average Bonchev–Trinajstić information content (AvgIpc) is 2.67. The largest absolute Gasteiger partial charge is 0.475 e. The van der Waals surface area contributed by atoms with Crippen molar-refractivity contribution in [2.75, 3.05) is 6.61 Å². The van der Waals surface area contributed by atoms with E-state index in [1.54, 1.807) is 18.2 Å². The molecule has 0 amide bonds. The fourth-order valence-corrected chi connectivity index (χ4v) is 1.51. The summed E-state index contributed by atoms with van der Waals surface area (Å²) in [5, 5.41) is 0. The number of hydrogen-bond acceptors (Lipinski definition) is 2. The van der Waals surface area contributed by atoms with Crippen molar-refractivity contribution >= 4 is 5.90 Å². The number of ether oxygens (including phenoxy) is 1. The van der Waals surface area contributed by atoms with Crippen molar-refractivity contribution in [3.8, 4) is 0 Å². The molecule has 15 heavy (non-hydrogen) atoms. The zero-order valence-corrected chi connectivity index (χ0v) is 8.90. The minimum Gasteiger partial charge on any atom is -0.475 e. The molecule has 0 radical (unpaired) electrons. The Morgan fingerprint density at radius 2 is 2.13 bits per heavy atom. The molecular weight excluding hydrogens is 193 g/mol. The second-order valence-electron chi connectivity index (χ2n) is 4.04. The van der Waals surface area contributed by atoms with Gasteiger partial charge >= 0.3 is 0 Å². The topological polar surface area (TPSA) is 21.6 Å². The maximum atomic E-state index is 13.4. The van der Waals surface area contributed by atoms with Gasteiger partial charge in [0.2, 0.25) is 5.90 Å². The minimum atomic E-state index is -0.277. The number of nitrogens with zero attached hydrogens (tertiary/aromatic N) is 1. The molecule has 1 aromatic carbocycles. The Bertz CT molecular complexity index is 387. The summed E-state index contributed by atoms with van der Waals surface area (Å²) < 4.78 is 18.8. The van der Waals surface area contributed by atoms with E-state index in [0.29, 0.717) is 24.0 Å². The minimum absolute atomic E-state index is 0.152. The van der Waals surface area contributed by atoms with Crippen molar-refractivity contribution in [1.82, 2.24) is 0 Å². The van der Waals surface area contributed by atoms with Gasteiger partial charge in [-0.3, -0.25) is 0 Å². The Hall–Kier alpha value is -1.38. The third-order valence-corrected chi connectivity index (χ3v) is 2.55. The molecule has 80 valence electrons. The van der Waals surface area contributed by atoms with Crippen molar-refractivity contribution in [2.45, 2.75) is 19.9 Å². The molecule has 0 N–H and O–H groups in total. The summed E-state index contributed by atoms with van der Waals surface area (Å²) >= 11 is 0. The van der Waals surface area contributed by atoms with Crippen LogP contribution in [0.4, 0.5) is 4.39 Å². The van der Waals surface area contributed by atoms with E-state index < -0.39 is 0 Å². The molecule has 1 aromatic rings. The molecule has 0 bridgehead atoms. The third-order valence-electron chi connectivity index (χ3n) is 2.55. The Kier molecular flexibility index (Phi) is 2.71. The molecule has 0 unspecified atom stereocenters. The van der Waals surface area contributed by atoms with Crippen LogP contribution < -0.4 is 0 Å². The van der Waals surface area contributed by atoms with Gasteiger partial charge in [-0.2, -0.15) is 0 Å². The highest BCUT2D eigenvalue weighted by molar-refractivity contribution is 5.95. The first-order chi connectivity index (χ1) is 7.18. The molecule has 1 heterocycles. The summed E-state index contributed by atoms with van der Waals surface area (Å²) in [6.07, 6.45) is 0. The summed E-state index contributed by atoms with van der Waals surface area (Å²) in [5.41, 5.74) is 0.459. The predicted molar refractivity (Wildman–Crippen MR) is 57.5 cm³/mol. The van der Waals surface area contributed by atoms with Gasteiger partial charge < -0.3 is 4.74 Å². The number of benzene rings is 1. The van der Waals surface area contributed by atoms with Crippen LogP contribution in [0.15, 0.2) is 29.3 Å². The van der Waals surface area contributed by atoms with E-state index in [2.05, 4.69) is 18.8 Å². The van der Waals surface area contributed by atoms with E-state index in [4.69, 9.17) is 4.74 Å². The van der Waals surface area contributed by atoms with Gasteiger partial charge in [0, 0.05) is 0 Å². The van der Waals surface area contributed by atoms with Crippen molar-refractivity contribution in [3.05, 3.63) is 35.6 Å². The van der Waals surface area contributed by atoms with E-state index in [0.717, 1.165) is 0 Å². The zero-order valence-electron chi connectivity index (χ0n) is 8.90. The Morgan fingerprint density at radius 3 is 2.73 bits per heavy atom. The fourth-order valence-electron chi connectivity index (χ4n) is 1.51. The summed E-state index contributed by atoms with van der Waals surface area (Å²) in [6, 6.07) is 6.71. The SMILES string of the molecule is CC(C)[C@H]1COC(c2ccccc2F)=N1. The van der Waals surface area contributed by atoms with Crippen LogP contribution in [-0.4, -0.2) is 18.5 Å². The van der Waals surface area contributed by atoms with Crippen LogP contribution in [0, 0.1) is 11.7 Å². The summed E-state index contributed by atoms with van der Waals surface area (Å²) in [5.74, 6) is 0.585. The lowest BCUT2D eigenvalue weighted by Gasteiger charge is -2.06. The van der Waals surface area contributed by atoms with Crippen LogP contribution in [0.1, 0.15) is 19.4 Å². The first kappa shape index (κ1) is 10.1. The summed E-state index contributed by atoms with van der Waals surface area (Å²) in [6.45, 7) is 4.73. The number of rotatable bonds is 2. The second kappa shape index (κ2) is 4.01.